The number of nitrogens with one attached hydrogen (secondary N) is 1. The van der Waals surface area contributed by atoms with Crippen LogP contribution in [0.15, 0.2) is 53.4 Å². The summed E-state index contributed by atoms with van der Waals surface area (Å²) >= 11 is 5.81. The molecule has 0 heterocycles. The van der Waals surface area contributed by atoms with Crippen molar-refractivity contribution >= 4 is 33.2 Å². The predicted octanol–water partition coefficient (Wildman–Crippen LogP) is 3.84. The Bertz CT molecular complexity index is 889. The van der Waals surface area contributed by atoms with Crippen LogP contribution < -0.4 is 9.62 Å². The molecular formula is C19H22ClFN2O3S. The van der Waals surface area contributed by atoms with Crippen molar-refractivity contribution in [2.45, 2.75) is 25.2 Å². The van der Waals surface area contributed by atoms with E-state index in [0.29, 0.717) is 12.5 Å². The summed E-state index contributed by atoms with van der Waals surface area (Å²) in [6.07, 6.45) is 0.777. The highest BCUT2D eigenvalue weighted by Gasteiger charge is 2.27. The number of sulfonamides is 1. The van der Waals surface area contributed by atoms with Gasteiger partial charge in [0, 0.05) is 6.54 Å². The van der Waals surface area contributed by atoms with Crippen LogP contribution in [0.5, 0.6) is 0 Å². The van der Waals surface area contributed by atoms with E-state index < -0.39 is 28.3 Å². The molecule has 0 aliphatic heterocycles. The zero-order valence-electron chi connectivity index (χ0n) is 15.2. The molecule has 0 saturated carbocycles. The molecule has 2 aromatic carbocycles. The largest absolute Gasteiger partial charge is 0.355 e. The molecule has 0 aromatic heterocycles. The van der Waals surface area contributed by atoms with Crippen LogP contribution in [0.25, 0.3) is 0 Å². The number of hydrogen-bond acceptors (Lipinski definition) is 3. The minimum Gasteiger partial charge on any atom is -0.355 e. The number of amides is 1. The highest BCUT2D eigenvalue weighted by atomic mass is 35.5. The van der Waals surface area contributed by atoms with Crippen LogP contribution in [0.1, 0.15) is 20.3 Å². The van der Waals surface area contributed by atoms with Gasteiger partial charge in [0.15, 0.2) is 0 Å². The van der Waals surface area contributed by atoms with E-state index in [1.165, 1.54) is 24.3 Å². The standard InChI is InChI=1S/C19H22ClFN2O3S/c1-14(2)10-11-22-19(24)13-23(15-8-9-18(21)17(20)12-15)27(25,26)16-6-4-3-5-7-16/h3-9,12,14H,10-11,13H2,1-2H3,(H,22,24). The van der Waals surface area contributed by atoms with Gasteiger partial charge in [-0.15, -0.1) is 0 Å². The van der Waals surface area contributed by atoms with Crippen molar-refractivity contribution in [3.8, 4) is 0 Å². The summed E-state index contributed by atoms with van der Waals surface area (Å²) in [4.78, 5) is 12.3. The molecule has 2 aromatic rings. The maximum Gasteiger partial charge on any atom is 0.264 e. The first-order chi connectivity index (χ1) is 12.7. The molecule has 0 unspecified atom stereocenters. The van der Waals surface area contributed by atoms with Crippen LogP contribution in [0.3, 0.4) is 0 Å². The molecule has 0 radical (unpaired) electrons. The summed E-state index contributed by atoms with van der Waals surface area (Å²) in [6, 6.07) is 11.3. The topological polar surface area (TPSA) is 66.5 Å². The van der Waals surface area contributed by atoms with Crippen LogP contribution in [-0.2, 0) is 14.8 Å². The van der Waals surface area contributed by atoms with Gasteiger partial charge in [-0.2, -0.15) is 0 Å². The van der Waals surface area contributed by atoms with Gasteiger partial charge in [0.1, 0.15) is 12.4 Å². The number of rotatable bonds is 8. The van der Waals surface area contributed by atoms with Gasteiger partial charge >= 0.3 is 0 Å². The Morgan fingerprint density at radius 3 is 2.44 bits per heavy atom. The second-order valence-electron chi connectivity index (χ2n) is 6.46. The molecule has 0 saturated heterocycles. The van der Waals surface area contributed by atoms with Gasteiger partial charge in [-0.3, -0.25) is 9.10 Å². The molecule has 2 rings (SSSR count). The quantitative estimate of drug-likeness (QED) is 0.716. The van der Waals surface area contributed by atoms with E-state index in [-0.39, 0.29) is 15.6 Å². The fourth-order valence-corrected chi connectivity index (χ4v) is 3.97. The van der Waals surface area contributed by atoms with E-state index in [4.69, 9.17) is 11.6 Å². The minimum atomic E-state index is -4.03. The lowest BCUT2D eigenvalue weighted by Gasteiger charge is -2.24. The first-order valence-corrected chi connectivity index (χ1v) is 10.3. The Kier molecular flexibility index (Phi) is 7.21. The van der Waals surface area contributed by atoms with E-state index in [0.717, 1.165) is 16.8 Å². The van der Waals surface area contributed by atoms with Crippen LogP contribution in [0.4, 0.5) is 10.1 Å². The van der Waals surface area contributed by atoms with Crippen LogP contribution in [0.2, 0.25) is 5.02 Å². The van der Waals surface area contributed by atoms with E-state index in [1.54, 1.807) is 18.2 Å². The lowest BCUT2D eigenvalue weighted by atomic mass is 10.1. The van der Waals surface area contributed by atoms with Crippen molar-refractivity contribution in [3.63, 3.8) is 0 Å². The van der Waals surface area contributed by atoms with Crippen molar-refractivity contribution in [2.24, 2.45) is 5.92 Å². The summed E-state index contributed by atoms with van der Waals surface area (Å²) in [7, 11) is -4.03. The first-order valence-electron chi connectivity index (χ1n) is 8.51. The van der Waals surface area contributed by atoms with Crippen molar-refractivity contribution in [3.05, 3.63) is 59.4 Å². The van der Waals surface area contributed by atoms with Crippen LogP contribution >= 0.6 is 11.6 Å². The Balaban J connectivity index is 2.34. The fourth-order valence-electron chi connectivity index (χ4n) is 2.36. The summed E-state index contributed by atoms with van der Waals surface area (Å²) < 4.78 is 40.5. The molecule has 0 aliphatic rings. The molecule has 0 fully saturated rings. The molecule has 0 atom stereocenters. The van der Waals surface area contributed by atoms with E-state index in [9.17, 15) is 17.6 Å². The van der Waals surface area contributed by atoms with Gasteiger partial charge in [-0.1, -0.05) is 43.6 Å². The fraction of sp³-hybridized carbons (Fsp3) is 0.316. The van der Waals surface area contributed by atoms with Gasteiger partial charge < -0.3 is 5.32 Å². The molecule has 1 amide bonds. The zero-order chi connectivity index (χ0) is 20.0. The van der Waals surface area contributed by atoms with E-state index in [1.807, 2.05) is 13.8 Å². The van der Waals surface area contributed by atoms with Gasteiger partial charge in [-0.25, -0.2) is 12.8 Å². The zero-order valence-corrected chi connectivity index (χ0v) is 16.7. The average molecular weight is 413 g/mol. The second kappa shape index (κ2) is 9.19. The van der Waals surface area contributed by atoms with Gasteiger partial charge in [0.2, 0.25) is 5.91 Å². The van der Waals surface area contributed by atoms with Gasteiger partial charge in [-0.05, 0) is 42.7 Å². The Morgan fingerprint density at radius 2 is 1.85 bits per heavy atom. The Morgan fingerprint density at radius 1 is 1.19 bits per heavy atom. The Labute approximate surface area is 164 Å². The SMILES string of the molecule is CC(C)CCNC(=O)CN(c1ccc(F)c(Cl)c1)S(=O)(=O)c1ccccc1. The third-order valence-corrected chi connectivity index (χ3v) is 5.93. The summed E-state index contributed by atoms with van der Waals surface area (Å²) in [6.45, 7) is 4.06. The third-order valence-electron chi connectivity index (χ3n) is 3.85. The molecule has 0 spiro atoms. The van der Waals surface area contributed by atoms with Crippen LogP contribution in [-0.4, -0.2) is 27.4 Å². The molecule has 8 heteroatoms. The third kappa shape index (κ3) is 5.68. The monoisotopic (exact) mass is 412 g/mol. The molecular weight excluding hydrogens is 391 g/mol. The molecule has 1 N–H and O–H groups in total. The molecule has 146 valence electrons. The second-order valence-corrected chi connectivity index (χ2v) is 8.73. The van der Waals surface area contributed by atoms with E-state index in [2.05, 4.69) is 5.32 Å². The number of nitrogens with zero attached hydrogens (tertiary/aromatic N) is 1. The van der Waals surface area contributed by atoms with Crippen molar-refractivity contribution < 1.29 is 17.6 Å². The molecule has 5 nitrogen and oxygen atoms in total. The number of carbonyl (C=O) groups is 1. The van der Waals surface area contributed by atoms with E-state index >= 15 is 0 Å². The maximum absolute atomic E-state index is 13.5. The highest BCUT2D eigenvalue weighted by molar-refractivity contribution is 7.92. The number of anilines is 1. The predicted molar refractivity (Wildman–Crippen MR) is 105 cm³/mol. The maximum atomic E-state index is 13.5. The average Bonchev–Trinajstić information content (AvgIpc) is 2.62. The summed E-state index contributed by atoms with van der Waals surface area (Å²) in [5, 5.41) is 2.49. The smallest absolute Gasteiger partial charge is 0.264 e. The highest BCUT2D eigenvalue weighted by Crippen LogP contribution is 2.27. The van der Waals surface area contributed by atoms with Crippen molar-refractivity contribution in [1.29, 1.82) is 0 Å². The number of benzene rings is 2. The lowest BCUT2D eigenvalue weighted by Crippen LogP contribution is -2.41. The normalized spacial score (nSPS) is 11.4. The number of carbonyl (C=O) groups excluding carboxylic acids is 1. The minimum absolute atomic E-state index is 0.0282. The number of hydrogen-bond donors (Lipinski definition) is 1. The van der Waals surface area contributed by atoms with Gasteiger partial charge in [0.25, 0.3) is 10.0 Å². The molecule has 0 aliphatic carbocycles. The summed E-state index contributed by atoms with van der Waals surface area (Å²) in [5.74, 6) is -0.708. The number of halogens is 2. The molecule has 0 bridgehead atoms. The van der Waals surface area contributed by atoms with Crippen LogP contribution in [0, 0.1) is 11.7 Å². The molecule has 27 heavy (non-hydrogen) atoms. The van der Waals surface area contributed by atoms with Crippen molar-refractivity contribution in [1.82, 2.24) is 5.32 Å². The Hall–Kier alpha value is -2.12. The lowest BCUT2D eigenvalue weighted by molar-refractivity contribution is -0.119. The van der Waals surface area contributed by atoms with Gasteiger partial charge in [0.05, 0.1) is 15.6 Å². The summed E-state index contributed by atoms with van der Waals surface area (Å²) in [5.41, 5.74) is 0.115. The van der Waals surface area contributed by atoms with Crippen molar-refractivity contribution in [2.75, 3.05) is 17.4 Å². The first kappa shape index (κ1) is 21.2.